The number of hydrogen-bond donors (Lipinski definition) is 0. The maximum Gasteiger partial charge on any atom is 0.233 e. The summed E-state index contributed by atoms with van der Waals surface area (Å²) in [5.74, 6) is -0.529. The van der Waals surface area contributed by atoms with Gasteiger partial charge in [0.2, 0.25) is 5.91 Å². The van der Waals surface area contributed by atoms with E-state index in [2.05, 4.69) is 4.98 Å². The average molecular weight is 428 g/mol. The maximum atomic E-state index is 12.8. The molecule has 1 atom stereocenters. The highest BCUT2D eigenvalue weighted by Crippen LogP contribution is 2.32. The van der Waals surface area contributed by atoms with Crippen molar-refractivity contribution >= 4 is 45.2 Å². The van der Waals surface area contributed by atoms with Crippen LogP contribution in [0.3, 0.4) is 0 Å². The number of thioether (sulfide) groups is 1. The molecule has 4 rings (SSSR count). The van der Waals surface area contributed by atoms with Crippen LogP contribution in [0.2, 0.25) is 0 Å². The van der Waals surface area contributed by atoms with Gasteiger partial charge in [0, 0.05) is 6.54 Å². The molecule has 0 spiro atoms. The minimum absolute atomic E-state index is 0.129. The molecule has 0 bridgehead atoms. The fourth-order valence-corrected chi connectivity index (χ4v) is 5.39. The fraction of sp³-hybridized carbons (Fsp3) is 0.286. The lowest BCUT2D eigenvalue weighted by Gasteiger charge is -2.37. The number of rotatable bonds is 6. The Morgan fingerprint density at radius 1 is 1.28 bits per heavy atom. The molecule has 1 amide bonds. The second-order valence-corrected chi connectivity index (χ2v) is 8.91. The molecule has 0 fully saturated rings. The van der Waals surface area contributed by atoms with Crippen molar-refractivity contribution < 1.29 is 19.4 Å². The van der Waals surface area contributed by atoms with Crippen molar-refractivity contribution in [2.24, 2.45) is 0 Å². The van der Waals surface area contributed by atoms with Gasteiger partial charge in [0.05, 0.1) is 34.6 Å². The normalized spacial score (nSPS) is 15.9. The number of amides is 1. The molecule has 6 nitrogen and oxygen atoms in total. The summed E-state index contributed by atoms with van der Waals surface area (Å²) in [6.45, 7) is 2.81. The van der Waals surface area contributed by atoms with Crippen LogP contribution < -0.4 is 9.84 Å². The molecule has 150 valence electrons. The highest BCUT2D eigenvalue weighted by atomic mass is 32.2. The summed E-state index contributed by atoms with van der Waals surface area (Å²) in [6, 6.07) is 12.4. The first-order valence-corrected chi connectivity index (χ1v) is 11.1. The number of hydrogen-bond acceptors (Lipinski definition) is 7. The molecule has 1 aromatic heterocycles. The van der Waals surface area contributed by atoms with E-state index in [1.165, 1.54) is 28.0 Å². The molecule has 1 aliphatic rings. The zero-order valence-corrected chi connectivity index (χ0v) is 17.4. The summed E-state index contributed by atoms with van der Waals surface area (Å²) >= 11 is 2.82. The van der Waals surface area contributed by atoms with Crippen molar-refractivity contribution in [3.63, 3.8) is 0 Å². The van der Waals surface area contributed by atoms with Gasteiger partial charge < -0.3 is 19.5 Å². The van der Waals surface area contributed by atoms with E-state index in [1.54, 1.807) is 0 Å². The molecule has 3 aromatic rings. The molecule has 2 aromatic carbocycles. The Bertz CT molecular complexity index is 1070. The van der Waals surface area contributed by atoms with Crippen molar-refractivity contribution in [1.82, 2.24) is 9.88 Å². The van der Waals surface area contributed by atoms with E-state index in [-0.39, 0.29) is 24.6 Å². The number of nitrogens with zero attached hydrogens (tertiary/aromatic N) is 2. The fourth-order valence-electron chi connectivity index (χ4n) is 3.40. The van der Waals surface area contributed by atoms with Gasteiger partial charge in [-0.2, -0.15) is 0 Å². The lowest BCUT2D eigenvalue weighted by molar-refractivity contribution is -0.311. The van der Waals surface area contributed by atoms with Crippen LogP contribution in [0.25, 0.3) is 10.2 Å². The van der Waals surface area contributed by atoms with Crippen LogP contribution in [0.4, 0.5) is 0 Å². The third-order valence-corrected chi connectivity index (χ3v) is 6.96. The number of aliphatic carboxylic acids is 1. The van der Waals surface area contributed by atoms with Crippen molar-refractivity contribution in [3.8, 4) is 5.75 Å². The Balaban J connectivity index is 1.47. The topological polar surface area (TPSA) is 82.6 Å². The van der Waals surface area contributed by atoms with Gasteiger partial charge >= 0.3 is 0 Å². The summed E-state index contributed by atoms with van der Waals surface area (Å²) in [4.78, 5) is 30.4. The number of aromatic nitrogens is 1. The van der Waals surface area contributed by atoms with Gasteiger partial charge in [-0.15, -0.1) is 11.3 Å². The van der Waals surface area contributed by atoms with Crippen molar-refractivity contribution in [2.75, 3.05) is 12.4 Å². The molecular weight excluding hydrogens is 408 g/mol. The molecule has 2 heterocycles. The SMILES string of the molecule is CCOc1ccc2nc(SCC(=O)N3Cc4ccccc4C[C@H]3C(=O)[O-])sc2c1. The highest BCUT2D eigenvalue weighted by Gasteiger charge is 2.30. The number of carbonyl (C=O) groups is 2. The summed E-state index contributed by atoms with van der Waals surface area (Å²) < 4.78 is 7.27. The summed E-state index contributed by atoms with van der Waals surface area (Å²) in [7, 11) is 0. The smallest absolute Gasteiger partial charge is 0.233 e. The Hall–Kier alpha value is -2.58. The first-order valence-electron chi connectivity index (χ1n) is 9.28. The first kappa shape index (κ1) is 19.7. The summed E-state index contributed by atoms with van der Waals surface area (Å²) in [6.07, 6.45) is 0.274. The Labute approximate surface area is 176 Å². The molecule has 0 N–H and O–H groups in total. The molecule has 1 aliphatic heterocycles. The number of ether oxygens (including phenoxy) is 1. The van der Waals surface area contributed by atoms with Crippen LogP contribution in [-0.2, 0) is 22.6 Å². The third-order valence-electron chi connectivity index (χ3n) is 4.81. The molecule has 0 saturated heterocycles. The van der Waals surface area contributed by atoms with Gasteiger partial charge in [0.25, 0.3) is 0 Å². The minimum Gasteiger partial charge on any atom is -0.548 e. The standard InChI is InChI=1S/C21H20N2O4S2/c1-2-27-15-7-8-16-18(10-15)29-21(22-16)28-12-19(24)23-11-14-6-4-3-5-13(14)9-17(23)20(25)26/h3-8,10,17H,2,9,11-12H2,1H3,(H,25,26)/p-1/t17-/m0/s1. The monoisotopic (exact) mass is 427 g/mol. The lowest BCUT2D eigenvalue weighted by Crippen LogP contribution is -2.54. The second-order valence-electron chi connectivity index (χ2n) is 6.66. The summed E-state index contributed by atoms with van der Waals surface area (Å²) in [5.41, 5.74) is 2.79. The summed E-state index contributed by atoms with van der Waals surface area (Å²) in [5, 5.41) is 11.6. The van der Waals surface area contributed by atoms with Gasteiger partial charge in [0.1, 0.15) is 5.75 Å². The number of thiazole rings is 1. The zero-order valence-electron chi connectivity index (χ0n) is 15.8. The van der Waals surface area contributed by atoms with Crippen molar-refractivity contribution in [2.45, 2.75) is 30.3 Å². The quantitative estimate of drug-likeness (QED) is 0.562. The molecule has 8 heteroatoms. The van der Waals surface area contributed by atoms with E-state index < -0.39 is 12.0 Å². The van der Waals surface area contributed by atoms with Crippen LogP contribution in [-0.4, -0.2) is 40.2 Å². The van der Waals surface area contributed by atoms with Gasteiger partial charge in [-0.1, -0.05) is 36.0 Å². The first-order chi connectivity index (χ1) is 14.0. The van der Waals surface area contributed by atoms with Crippen LogP contribution in [0.1, 0.15) is 18.1 Å². The minimum atomic E-state index is -1.22. The molecule has 0 saturated carbocycles. The Morgan fingerprint density at radius 3 is 2.83 bits per heavy atom. The molecular formula is C21H19N2O4S2-. The number of benzene rings is 2. The zero-order chi connectivity index (χ0) is 20.4. The maximum absolute atomic E-state index is 12.8. The van der Waals surface area contributed by atoms with E-state index in [1.807, 2.05) is 49.4 Å². The van der Waals surface area contributed by atoms with Crippen LogP contribution in [0.15, 0.2) is 46.8 Å². The average Bonchev–Trinajstić information content (AvgIpc) is 3.13. The Kier molecular flexibility index (Phi) is 5.73. The predicted molar refractivity (Wildman–Crippen MR) is 111 cm³/mol. The predicted octanol–water partition coefficient (Wildman–Crippen LogP) is 2.49. The number of carboxylic acid groups (broad SMARTS) is 1. The third kappa shape index (κ3) is 4.23. The van der Waals surface area contributed by atoms with E-state index in [9.17, 15) is 14.7 Å². The van der Waals surface area contributed by atoms with Crippen LogP contribution >= 0.6 is 23.1 Å². The lowest BCUT2D eigenvalue weighted by atomic mass is 9.94. The van der Waals surface area contributed by atoms with E-state index in [0.717, 1.165) is 31.4 Å². The molecule has 0 unspecified atom stereocenters. The van der Waals surface area contributed by atoms with Gasteiger partial charge in [-0.25, -0.2) is 4.98 Å². The number of carbonyl (C=O) groups excluding carboxylic acids is 2. The van der Waals surface area contributed by atoms with Gasteiger partial charge in [-0.05, 0) is 42.7 Å². The number of carboxylic acids is 1. The van der Waals surface area contributed by atoms with E-state index in [0.29, 0.717) is 6.61 Å². The second kappa shape index (κ2) is 8.42. The molecule has 0 radical (unpaired) electrons. The molecule has 0 aliphatic carbocycles. The number of fused-ring (bicyclic) bond motifs is 2. The van der Waals surface area contributed by atoms with Crippen LogP contribution in [0.5, 0.6) is 5.75 Å². The van der Waals surface area contributed by atoms with Crippen LogP contribution in [0, 0.1) is 0 Å². The highest BCUT2D eigenvalue weighted by molar-refractivity contribution is 8.01. The van der Waals surface area contributed by atoms with E-state index >= 15 is 0 Å². The largest absolute Gasteiger partial charge is 0.548 e. The molecule has 29 heavy (non-hydrogen) atoms. The van der Waals surface area contributed by atoms with Gasteiger partial charge in [-0.3, -0.25) is 4.79 Å². The van der Waals surface area contributed by atoms with Crippen molar-refractivity contribution in [3.05, 3.63) is 53.6 Å². The Morgan fingerprint density at radius 2 is 2.07 bits per heavy atom. The van der Waals surface area contributed by atoms with Gasteiger partial charge in [0.15, 0.2) is 4.34 Å². The van der Waals surface area contributed by atoms with Crippen molar-refractivity contribution in [1.29, 1.82) is 0 Å². The van der Waals surface area contributed by atoms with E-state index in [4.69, 9.17) is 4.74 Å².